The van der Waals surface area contributed by atoms with Gasteiger partial charge in [-0.3, -0.25) is 14.5 Å². The summed E-state index contributed by atoms with van der Waals surface area (Å²) < 4.78 is 0. The van der Waals surface area contributed by atoms with Crippen LogP contribution in [-0.2, 0) is 9.59 Å². The Labute approximate surface area is 113 Å². The summed E-state index contributed by atoms with van der Waals surface area (Å²) >= 11 is 0. The molecule has 2 saturated carbocycles. The highest BCUT2D eigenvalue weighted by Gasteiger charge is 2.52. The summed E-state index contributed by atoms with van der Waals surface area (Å²) in [6.45, 7) is 0. The van der Waals surface area contributed by atoms with Crippen molar-refractivity contribution in [1.82, 2.24) is 4.90 Å². The first-order valence-corrected chi connectivity index (χ1v) is 7.38. The molecule has 4 heteroatoms. The van der Waals surface area contributed by atoms with Crippen molar-refractivity contribution in [3.63, 3.8) is 0 Å². The topological polar surface area (TPSA) is 61.2 Å². The molecule has 2 amide bonds. The summed E-state index contributed by atoms with van der Waals surface area (Å²) in [5, 5.41) is 9.47. The number of hydrogen-bond donors (Lipinski definition) is 0. The van der Waals surface area contributed by atoms with Crippen LogP contribution in [0.4, 0.5) is 0 Å². The third-order valence-electron chi connectivity index (χ3n) is 5.28. The summed E-state index contributed by atoms with van der Waals surface area (Å²) in [6, 6.07) is 2.27. The molecule has 0 N–H and O–H groups in total. The van der Waals surface area contributed by atoms with Crippen LogP contribution >= 0.6 is 0 Å². The van der Waals surface area contributed by atoms with Crippen LogP contribution in [0.2, 0.25) is 0 Å². The van der Waals surface area contributed by atoms with Gasteiger partial charge in [-0.2, -0.15) is 5.26 Å². The molecule has 0 aromatic rings. The number of hydrogen-bond acceptors (Lipinski definition) is 3. The van der Waals surface area contributed by atoms with Crippen molar-refractivity contribution in [1.29, 1.82) is 5.26 Å². The Hall–Kier alpha value is -1.37. The molecular weight excluding hydrogens is 240 g/mol. The molecular formula is C15H20N2O2. The standard InChI is InChI=1S/C15H20N2O2/c16-11-15(7-3-4-8-15)17-12(18)9-14(10-13(17)19)5-1-2-6-14/h1-10H2. The van der Waals surface area contributed by atoms with Crippen molar-refractivity contribution in [2.24, 2.45) is 5.41 Å². The zero-order chi connectivity index (χ0) is 13.5. The molecule has 0 unspecified atom stereocenters. The molecule has 2 aliphatic carbocycles. The Balaban J connectivity index is 1.87. The smallest absolute Gasteiger partial charge is 0.231 e. The molecule has 1 heterocycles. The molecule has 19 heavy (non-hydrogen) atoms. The summed E-state index contributed by atoms with van der Waals surface area (Å²) in [7, 11) is 0. The molecule has 102 valence electrons. The van der Waals surface area contributed by atoms with Gasteiger partial charge in [0.2, 0.25) is 11.8 Å². The van der Waals surface area contributed by atoms with Gasteiger partial charge in [0.15, 0.2) is 0 Å². The Morgan fingerprint density at radius 2 is 1.37 bits per heavy atom. The monoisotopic (exact) mass is 260 g/mol. The molecule has 4 nitrogen and oxygen atoms in total. The van der Waals surface area contributed by atoms with Crippen molar-refractivity contribution in [2.45, 2.75) is 69.7 Å². The Morgan fingerprint density at radius 1 is 0.895 bits per heavy atom. The van der Waals surface area contributed by atoms with Crippen molar-refractivity contribution in [2.75, 3.05) is 0 Å². The molecule has 0 aromatic carbocycles. The average molecular weight is 260 g/mol. The maximum Gasteiger partial charge on any atom is 0.231 e. The van der Waals surface area contributed by atoms with Gasteiger partial charge in [-0.25, -0.2) is 0 Å². The van der Waals surface area contributed by atoms with Crippen LogP contribution in [0, 0.1) is 16.7 Å². The van der Waals surface area contributed by atoms with E-state index in [-0.39, 0.29) is 17.2 Å². The minimum absolute atomic E-state index is 0.0695. The van der Waals surface area contributed by atoms with Crippen LogP contribution in [0.3, 0.4) is 0 Å². The predicted molar refractivity (Wildman–Crippen MR) is 68.8 cm³/mol. The molecule has 3 aliphatic rings. The van der Waals surface area contributed by atoms with Crippen LogP contribution in [-0.4, -0.2) is 22.3 Å². The number of carbonyl (C=O) groups excluding carboxylic acids is 2. The van der Waals surface area contributed by atoms with E-state index in [0.29, 0.717) is 25.7 Å². The molecule has 3 fully saturated rings. The number of nitrogens with zero attached hydrogens (tertiary/aromatic N) is 2. The quantitative estimate of drug-likeness (QED) is 0.681. The van der Waals surface area contributed by atoms with Gasteiger partial charge in [-0.1, -0.05) is 12.8 Å². The first-order chi connectivity index (χ1) is 9.11. The molecule has 1 saturated heterocycles. The fraction of sp³-hybridized carbons (Fsp3) is 0.800. The zero-order valence-electron chi connectivity index (χ0n) is 11.3. The van der Waals surface area contributed by atoms with E-state index < -0.39 is 5.54 Å². The molecule has 0 atom stereocenters. The Bertz CT molecular complexity index is 431. The third-order valence-corrected chi connectivity index (χ3v) is 5.28. The van der Waals surface area contributed by atoms with Crippen LogP contribution in [0.1, 0.15) is 64.2 Å². The van der Waals surface area contributed by atoms with Crippen molar-refractivity contribution in [3.8, 4) is 6.07 Å². The molecule has 1 spiro atoms. The average Bonchev–Trinajstić information content (AvgIpc) is 2.99. The van der Waals surface area contributed by atoms with Crippen molar-refractivity contribution >= 4 is 11.8 Å². The van der Waals surface area contributed by atoms with Crippen LogP contribution in [0.25, 0.3) is 0 Å². The maximum absolute atomic E-state index is 12.5. The van der Waals surface area contributed by atoms with E-state index in [4.69, 9.17) is 0 Å². The van der Waals surface area contributed by atoms with E-state index in [9.17, 15) is 14.9 Å². The summed E-state index contributed by atoms with van der Waals surface area (Å²) in [4.78, 5) is 26.3. The Morgan fingerprint density at radius 3 is 1.84 bits per heavy atom. The minimum Gasteiger partial charge on any atom is -0.274 e. The predicted octanol–water partition coefficient (Wildman–Crippen LogP) is 2.53. The van der Waals surface area contributed by atoms with E-state index in [2.05, 4.69) is 6.07 Å². The van der Waals surface area contributed by atoms with Gasteiger partial charge in [0.05, 0.1) is 6.07 Å². The third kappa shape index (κ3) is 1.87. The second kappa shape index (κ2) is 4.33. The number of imide groups is 1. The second-order valence-corrected chi connectivity index (χ2v) is 6.53. The number of rotatable bonds is 1. The molecule has 0 bridgehead atoms. The normalized spacial score (nSPS) is 28.9. The molecule has 3 rings (SSSR count). The highest BCUT2D eigenvalue weighted by Crippen LogP contribution is 2.49. The van der Waals surface area contributed by atoms with E-state index in [1.54, 1.807) is 0 Å². The highest BCUT2D eigenvalue weighted by molar-refractivity contribution is 6.00. The lowest BCUT2D eigenvalue weighted by atomic mass is 9.75. The maximum atomic E-state index is 12.5. The lowest BCUT2D eigenvalue weighted by Gasteiger charge is -2.43. The van der Waals surface area contributed by atoms with Crippen LogP contribution < -0.4 is 0 Å². The largest absolute Gasteiger partial charge is 0.274 e. The summed E-state index contributed by atoms with van der Waals surface area (Å²) in [5.74, 6) is -0.191. The molecule has 0 radical (unpaired) electrons. The molecule has 0 aromatic heterocycles. The van der Waals surface area contributed by atoms with E-state index >= 15 is 0 Å². The minimum atomic E-state index is -0.825. The number of likely N-dealkylation sites (tertiary alicyclic amines) is 1. The van der Waals surface area contributed by atoms with Gasteiger partial charge < -0.3 is 0 Å². The first-order valence-electron chi connectivity index (χ1n) is 7.38. The van der Waals surface area contributed by atoms with Gasteiger partial charge >= 0.3 is 0 Å². The summed E-state index contributed by atoms with van der Waals surface area (Å²) in [6.07, 6.45) is 8.40. The van der Waals surface area contributed by atoms with Crippen LogP contribution in [0.5, 0.6) is 0 Å². The van der Waals surface area contributed by atoms with Crippen molar-refractivity contribution in [3.05, 3.63) is 0 Å². The van der Waals surface area contributed by atoms with Gasteiger partial charge in [0, 0.05) is 12.8 Å². The van der Waals surface area contributed by atoms with Gasteiger partial charge in [0.25, 0.3) is 0 Å². The van der Waals surface area contributed by atoms with E-state index in [1.807, 2.05) is 0 Å². The fourth-order valence-electron chi connectivity index (χ4n) is 4.30. The summed E-state index contributed by atoms with van der Waals surface area (Å²) in [5.41, 5.74) is -0.895. The SMILES string of the molecule is N#CC1(N2C(=O)CC3(CCCC3)CC2=O)CCCC1. The zero-order valence-corrected chi connectivity index (χ0v) is 11.3. The van der Waals surface area contributed by atoms with Crippen molar-refractivity contribution < 1.29 is 9.59 Å². The lowest BCUT2D eigenvalue weighted by molar-refractivity contribution is -0.159. The molecule has 1 aliphatic heterocycles. The van der Waals surface area contributed by atoms with Crippen LogP contribution in [0.15, 0.2) is 0 Å². The number of nitriles is 1. The van der Waals surface area contributed by atoms with E-state index in [0.717, 1.165) is 38.5 Å². The lowest BCUT2D eigenvalue weighted by Crippen LogP contribution is -2.57. The number of amides is 2. The second-order valence-electron chi connectivity index (χ2n) is 6.53. The number of piperidine rings is 1. The Kier molecular flexibility index (Phi) is 2.88. The van der Waals surface area contributed by atoms with Gasteiger partial charge in [-0.05, 0) is 43.9 Å². The highest BCUT2D eigenvalue weighted by atomic mass is 16.2. The van der Waals surface area contributed by atoms with Gasteiger partial charge in [0.1, 0.15) is 5.54 Å². The first kappa shape index (κ1) is 12.7. The van der Waals surface area contributed by atoms with Gasteiger partial charge in [-0.15, -0.1) is 0 Å². The van der Waals surface area contributed by atoms with E-state index in [1.165, 1.54) is 4.90 Å². The fourth-order valence-corrected chi connectivity index (χ4v) is 4.30. The number of carbonyl (C=O) groups is 2.